The summed E-state index contributed by atoms with van der Waals surface area (Å²) in [5.74, 6) is 1.11. The van der Waals surface area contributed by atoms with Gasteiger partial charge >= 0.3 is 0 Å². The van der Waals surface area contributed by atoms with Crippen LogP contribution in [0.1, 0.15) is 29.5 Å². The fraction of sp³-hybridized carbons (Fsp3) is 0.238. The lowest BCUT2D eigenvalue weighted by atomic mass is 9.88. The second kappa shape index (κ2) is 5.84. The molecule has 22 heavy (non-hydrogen) atoms. The zero-order valence-corrected chi connectivity index (χ0v) is 12.7. The van der Waals surface area contributed by atoms with E-state index in [0.717, 1.165) is 12.2 Å². The zero-order chi connectivity index (χ0) is 14.8. The number of ether oxygens (including phenoxy) is 1. The van der Waals surface area contributed by atoms with Gasteiger partial charge in [0.1, 0.15) is 12.4 Å². The van der Waals surface area contributed by atoms with Crippen molar-refractivity contribution >= 4 is 10.8 Å². The van der Waals surface area contributed by atoms with Crippen LogP contribution in [0, 0.1) is 0 Å². The summed E-state index contributed by atoms with van der Waals surface area (Å²) in [5, 5.41) is 2.55. The highest BCUT2D eigenvalue weighted by atomic mass is 16.5. The van der Waals surface area contributed by atoms with E-state index in [4.69, 9.17) is 4.74 Å². The second-order valence-electron chi connectivity index (χ2n) is 6.05. The molecule has 0 fully saturated rings. The van der Waals surface area contributed by atoms with Crippen LogP contribution in [0.25, 0.3) is 10.8 Å². The van der Waals surface area contributed by atoms with Crippen molar-refractivity contribution in [3.05, 3.63) is 77.4 Å². The molecule has 0 unspecified atom stereocenters. The maximum atomic E-state index is 6.30. The second-order valence-corrected chi connectivity index (χ2v) is 6.05. The Labute approximate surface area is 131 Å². The lowest BCUT2D eigenvalue weighted by Crippen LogP contribution is -2.07. The normalized spacial score (nSPS) is 13.8. The average Bonchev–Trinajstić information content (AvgIpc) is 2.59. The highest BCUT2D eigenvalue weighted by Crippen LogP contribution is 2.37. The van der Waals surface area contributed by atoms with E-state index in [0.29, 0.717) is 6.61 Å². The number of rotatable bonds is 3. The number of fused-ring (bicyclic) bond motifs is 2. The van der Waals surface area contributed by atoms with E-state index in [1.165, 1.54) is 46.7 Å². The Morgan fingerprint density at radius 3 is 2.50 bits per heavy atom. The molecule has 0 radical (unpaired) electrons. The Balaban J connectivity index is 1.77. The standard InChI is InChI=1S/C21H20O/c1-2-8-16(9-3-1)15-22-21-19-12-6-4-10-17(19)14-18-11-5-7-13-20(18)21/h1-4,6,8-10,12,14H,5,7,11,13,15H2. The van der Waals surface area contributed by atoms with E-state index in [2.05, 4.69) is 54.6 Å². The molecule has 0 N–H and O–H groups in total. The third-order valence-electron chi connectivity index (χ3n) is 4.55. The van der Waals surface area contributed by atoms with Crippen molar-refractivity contribution in [1.29, 1.82) is 0 Å². The quantitative estimate of drug-likeness (QED) is 0.635. The lowest BCUT2D eigenvalue weighted by Gasteiger charge is -2.22. The van der Waals surface area contributed by atoms with Gasteiger partial charge in [0, 0.05) is 5.39 Å². The minimum Gasteiger partial charge on any atom is -0.488 e. The largest absolute Gasteiger partial charge is 0.488 e. The molecule has 0 heterocycles. The van der Waals surface area contributed by atoms with E-state index in [1.807, 2.05) is 6.07 Å². The zero-order valence-electron chi connectivity index (χ0n) is 12.7. The summed E-state index contributed by atoms with van der Waals surface area (Å²) >= 11 is 0. The number of hydrogen-bond acceptors (Lipinski definition) is 1. The summed E-state index contributed by atoms with van der Waals surface area (Å²) in [5.41, 5.74) is 4.13. The van der Waals surface area contributed by atoms with E-state index >= 15 is 0 Å². The first kappa shape index (κ1) is 13.4. The summed E-state index contributed by atoms with van der Waals surface area (Å²) in [7, 11) is 0. The Kier molecular flexibility index (Phi) is 3.56. The van der Waals surface area contributed by atoms with Crippen LogP contribution in [0.5, 0.6) is 5.75 Å². The van der Waals surface area contributed by atoms with Gasteiger partial charge in [-0.1, -0.05) is 60.7 Å². The molecule has 0 saturated heterocycles. The fourth-order valence-electron chi connectivity index (χ4n) is 3.42. The molecule has 0 aromatic heterocycles. The van der Waals surface area contributed by atoms with E-state index in [9.17, 15) is 0 Å². The van der Waals surface area contributed by atoms with Gasteiger partial charge in [0.2, 0.25) is 0 Å². The van der Waals surface area contributed by atoms with Crippen molar-refractivity contribution in [1.82, 2.24) is 0 Å². The van der Waals surface area contributed by atoms with Gasteiger partial charge < -0.3 is 4.74 Å². The molecule has 110 valence electrons. The Morgan fingerprint density at radius 2 is 1.59 bits per heavy atom. The van der Waals surface area contributed by atoms with Crippen molar-refractivity contribution in [3.63, 3.8) is 0 Å². The third kappa shape index (κ3) is 2.48. The smallest absolute Gasteiger partial charge is 0.131 e. The molecule has 3 aromatic rings. The van der Waals surface area contributed by atoms with Gasteiger partial charge in [-0.25, -0.2) is 0 Å². The minimum absolute atomic E-state index is 0.640. The molecule has 3 aromatic carbocycles. The minimum atomic E-state index is 0.640. The van der Waals surface area contributed by atoms with Crippen LogP contribution in [0.2, 0.25) is 0 Å². The Hall–Kier alpha value is -2.28. The summed E-state index contributed by atoms with van der Waals surface area (Å²) in [6.07, 6.45) is 4.89. The van der Waals surface area contributed by atoms with E-state index in [-0.39, 0.29) is 0 Å². The Bertz CT molecular complexity index is 790. The van der Waals surface area contributed by atoms with Crippen LogP contribution in [0.4, 0.5) is 0 Å². The van der Waals surface area contributed by atoms with Crippen LogP contribution >= 0.6 is 0 Å². The van der Waals surface area contributed by atoms with Crippen LogP contribution in [-0.4, -0.2) is 0 Å². The molecule has 0 spiro atoms. The molecule has 0 atom stereocenters. The average molecular weight is 288 g/mol. The summed E-state index contributed by atoms with van der Waals surface area (Å²) in [4.78, 5) is 0. The predicted molar refractivity (Wildman–Crippen MR) is 91.4 cm³/mol. The van der Waals surface area contributed by atoms with Crippen LogP contribution < -0.4 is 4.74 Å². The van der Waals surface area contributed by atoms with Crippen molar-refractivity contribution < 1.29 is 4.74 Å². The molecule has 1 heteroatoms. The molecular formula is C21H20O. The molecule has 1 aliphatic carbocycles. The first-order chi connectivity index (χ1) is 10.9. The van der Waals surface area contributed by atoms with Crippen molar-refractivity contribution in [2.75, 3.05) is 0 Å². The van der Waals surface area contributed by atoms with Gasteiger partial charge in [-0.3, -0.25) is 0 Å². The van der Waals surface area contributed by atoms with E-state index in [1.54, 1.807) is 0 Å². The molecule has 1 aliphatic rings. The van der Waals surface area contributed by atoms with Crippen LogP contribution in [0.3, 0.4) is 0 Å². The number of benzene rings is 3. The number of hydrogen-bond donors (Lipinski definition) is 0. The van der Waals surface area contributed by atoms with Gasteiger partial charge in [-0.2, -0.15) is 0 Å². The maximum absolute atomic E-state index is 6.30. The van der Waals surface area contributed by atoms with Crippen molar-refractivity contribution in [3.8, 4) is 5.75 Å². The molecular weight excluding hydrogens is 268 g/mol. The highest BCUT2D eigenvalue weighted by molar-refractivity contribution is 5.90. The fourth-order valence-corrected chi connectivity index (χ4v) is 3.42. The summed E-state index contributed by atoms with van der Waals surface area (Å²) in [6.45, 7) is 0.640. The summed E-state index contributed by atoms with van der Waals surface area (Å²) < 4.78 is 6.30. The molecule has 0 amide bonds. The third-order valence-corrected chi connectivity index (χ3v) is 4.55. The predicted octanol–water partition coefficient (Wildman–Crippen LogP) is 5.30. The van der Waals surface area contributed by atoms with Gasteiger partial charge in [0.15, 0.2) is 0 Å². The molecule has 0 aliphatic heterocycles. The molecule has 1 nitrogen and oxygen atoms in total. The SMILES string of the molecule is c1ccc(COc2c3c(cc4ccccc24)CCCC3)cc1. The lowest BCUT2D eigenvalue weighted by molar-refractivity contribution is 0.305. The molecule has 0 saturated carbocycles. The van der Waals surface area contributed by atoms with Crippen molar-refractivity contribution in [2.24, 2.45) is 0 Å². The first-order valence-corrected chi connectivity index (χ1v) is 8.12. The Morgan fingerprint density at radius 1 is 0.818 bits per heavy atom. The van der Waals surface area contributed by atoms with E-state index < -0.39 is 0 Å². The van der Waals surface area contributed by atoms with Gasteiger partial charge in [-0.15, -0.1) is 0 Å². The van der Waals surface area contributed by atoms with Crippen LogP contribution in [0.15, 0.2) is 60.7 Å². The number of aryl methyl sites for hydroxylation is 1. The molecule has 0 bridgehead atoms. The summed E-state index contributed by atoms with van der Waals surface area (Å²) in [6, 6.07) is 21.4. The first-order valence-electron chi connectivity index (χ1n) is 8.12. The van der Waals surface area contributed by atoms with Gasteiger partial charge in [0.05, 0.1) is 0 Å². The topological polar surface area (TPSA) is 9.23 Å². The highest BCUT2D eigenvalue weighted by Gasteiger charge is 2.17. The van der Waals surface area contributed by atoms with Crippen LogP contribution in [-0.2, 0) is 19.4 Å². The van der Waals surface area contributed by atoms with Gasteiger partial charge in [0.25, 0.3) is 0 Å². The van der Waals surface area contributed by atoms with Gasteiger partial charge in [-0.05, 0) is 47.8 Å². The van der Waals surface area contributed by atoms with Crippen molar-refractivity contribution in [2.45, 2.75) is 32.3 Å². The maximum Gasteiger partial charge on any atom is 0.131 e. The monoisotopic (exact) mass is 288 g/mol. The molecule has 4 rings (SSSR count).